The summed E-state index contributed by atoms with van der Waals surface area (Å²) in [5.41, 5.74) is 2.46. The van der Waals surface area contributed by atoms with Crippen LogP contribution >= 0.6 is 0 Å². The molecule has 0 atom stereocenters. The maximum absolute atomic E-state index is 12.5. The van der Waals surface area contributed by atoms with Gasteiger partial charge in [0.05, 0.1) is 0 Å². The first-order valence-electron chi connectivity index (χ1n) is 10.6. The normalized spacial score (nSPS) is 15.3. The van der Waals surface area contributed by atoms with E-state index in [1.807, 2.05) is 0 Å². The van der Waals surface area contributed by atoms with E-state index in [1.165, 1.54) is 16.3 Å². The standard InChI is InChI=1S/C25H29N3O/c29-25(22-13-17-28(18-14-22)19-20-7-2-1-3-8-20)27-16-15-26-24-12-6-10-21-9-4-5-11-23(21)24/h1-12,22,26H,13-19H2,(H,27,29). The zero-order valence-electron chi connectivity index (χ0n) is 16.8. The smallest absolute Gasteiger partial charge is 0.223 e. The summed E-state index contributed by atoms with van der Waals surface area (Å²) in [6, 6.07) is 25.2. The van der Waals surface area contributed by atoms with Gasteiger partial charge in [-0.25, -0.2) is 0 Å². The Hall–Kier alpha value is -2.85. The molecule has 4 nitrogen and oxygen atoms in total. The van der Waals surface area contributed by atoms with Gasteiger partial charge in [0.15, 0.2) is 0 Å². The first kappa shape index (κ1) is 19.5. The molecule has 0 saturated carbocycles. The molecule has 0 bridgehead atoms. The molecule has 1 aliphatic rings. The van der Waals surface area contributed by atoms with Crippen molar-refractivity contribution in [2.75, 3.05) is 31.5 Å². The van der Waals surface area contributed by atoms with Crippen LogP contribution in [0.2, 0.25) is 0 Å². The molecule has 4 rings (SSSR count). The number of hydrogen-bond acceptors (Lipinski definition) is 3. The van der Waals surface area contributed by atoms with Gasteiger partial charge < -0.3 is 10.6 Å². The highest BCUT2D eigenvalue weighted by atomic mass is 16.1. The second-order valence-corrected chi connectivity index (χ2v) is 7.78. The van der Waals surface area contributed by atoms with E-state index in [2.05, 4.69) is 88.3 Å². The quantitative estimate of drug-likeness (QED) is 0.595. The third-order valence-corrected chi connectivity index (χ3v) is 5.74. The van der Waals surface area contributed by atoms with Gasteiger partial charge in [-0.2, -0.15) is 0 Å². The van der Waals surface area contributed by atoms with Crippen LogP contribution < -0.4 is 10.6 Å². The molecule has 1 saturated heterocycles. The lowest BCUT2D eigenvalue weighted by atomic mass is 9.95. The van der Waals surface area contributed by atoms with E-state index in [1.54, 1.807) is 0 Å². The van der Waals surface area contributed by atoms with Gasteiger partial charge in [-0.3, -0.25) is 9.69 Å². The van der Waals surface area contributed by atoms with Crippen molar-refractivity contribution in [1.29, 1.82) is 0 Å². The molecule has 0 aromatic heterocycles. The molecule has 1 aliphatic heterocycles. The van der Waals surface area contributed by atoms with Crippen molar-refractivity contribution in [1.82, 2.24) is 10.2 Å². The van der Waals surface area contributed by atoms with E-state index in [0.29, 0.717) is 6.54 Å². The molecule has 3 aromatic carbocycles. The van der Waals surface area contributed by atoms with Crippen LogP contribution in [0.1, 0.15) is 18.4 Å². The molecule has 3 aromatic rings. The molecular weight excluding hydrogens is 358 g/mol. The van der Waals surface area contributed by atoms with Crippen LogP contribution in [0.4, 0.5) is 5.69 Å². The molecule has 1 amide bonds. The average Bonchev–Trinajstić information content (AvgIpc) is 2.78. The fraction of sp³-hybridized carbons (Fsp3) is 0.320. The highest BCUT2D eigenvalue weighted by Gasteiger charge is 2.24. The van der Waals surface area contributed by atoms with E-state index in [0.717, 1.165) is 44.7 Å². The Morgan fingerprint density at radius 3 is 2.41 bits per heavy atom. The Balaban J connectivity index is 1.19. The summed E-state index contributed by atoms with van der Waals surface area (Å²) < 4.78 is 0. The summed E-state index contributed by atoms with van der Waals surface area (Å²) in [7, 11) is 0. The van der Waals surface area contributed by atoms with E-state index >= 15 is 0 Å². The summed E-state index contributed by atoms with van der Waals surface area (Å²) in [6.45, 7) is 4.32. The van der Waals surface area contributed by atoms with Gasteiger partial charge in [0, 0.05) is 36.6 Å². The lowest BCUT2D eigenvalue weighted by Crippen LogP contribution is -2.41. The van der Waals surface area contributed by atoms with Gasteiger partial charge in [-0.05, 0) is 42.9 Å². The van der Waals surface area contributed by atoms with Gasteiger partial charge in [-0.15, -0.1) is 0 Å². The largest absolute Gasteiger partial charge is 0.383 e. The third kappa shape index (κ3) is 5.15. The fourth-order valence-corrected chi connectivity index (χ4v) is 4.10. The zero-order chi connectivity index (χ0) is 19.9. The Labute approximate surface area is 172 Å². The second kappa shape index (κ2) is 9.57. The van der Waals surface area contributed by atoms with Crippen molar-refractivity contribution in [3.8, 4) is 0 Å². The van der Waals surface area contributed by atoms with Gasteiger partial charge >= 0.3 is 0 Å². The van der Waals surface area contributed by atoms with Crippen molar-refractivity contribution >= 4 is 22.4 Å². The maximum atomic E-state index is 12.5. The van der Waals surface area contributed by atoms with Crippen molar-refractivity contribution in [2.45, 2.75) is 19.4 Å². The number of rotatable bonds is 7. The van der Waals surface area contributed by atoms with E-state index < -0.39 is 0 Å². The van der Waals surface area contributed by atoms with Crippen LogP contribution in [0.15, 0.2) is 72.8 Å². The summed E-state index contributed by atoms with van der Waals surface area (Å²) in [5.74, 6) is 0.337. The predicted octanol–water partition coefficient (Wildman–Crippen LogP) is 4.28. The zero-order valence-corrected chi connectivity index (χ0v) is 16.8. The first-order valence-corrected chi connectivity index (χ1v) is 10.6. The second-order valence-electron chi connectivity index (χ2n) is 7.78. The molecule has 29 heavy (non-hydrogen) atoms. The third-order valence-electron chi connectivity index (χ3n) is 5.74. The molecule has 4 heteroatoms. The van der Waals surface area contributed by atoms with E-state index in [9.17, 15) is 4.79 Å². The summed E-state index contributed by atoms with van der Waals surface area (Å²) in [4.78, 5) is 15.0. The van der Waals surface area contributed by atoms with Gasteiger partial charge in [-0.1, -0.05) is 66.7 Å². The molecule has 0 aliphatic carbocycles. The topological polar surface area (TPSA) is 44.4 Å². The van der Waals surface area contributed by atoms with E-state index in [-0.39, 0.29) is 11.8 Å². The average molecular weight is 388 g/mol. The minimum atomic E-state index is 0.138. The first-order chi connectivity index (χ1) is 14.3. The molecule has 150 valence electrons. The molecular formula is C25H29N3O. The Morgan fingerprint density at radius 1 is 0.862 bits per heavy atom. The van der Waals surface area contributed by atoms with Crippen LogP contribution in [-0.4, -0.2) is 37.0 Å². The van der Waals surface area contributed by atoms with Crippen molar-refractivity contribution in [2.24, 2.45) is 5.92 Å². The lowest BCUT2D eigenvalue weighted by molar-refractivity contribution is -0.126. The van der Waals surface area contributed by atoms with Crippen LogP contribution in [0.3, 0.4) is 0 Å². The highest BCUT2D eigenvalue weighted by Crippen LogP contribution is 2.22. The van der Waals surface area contributed by atoms with Crippen molar-refractivity contribution in [3.63, 3.8) is 0 Å². The fourth-order valence-electron chi connectivity index (χ4n) is 4.10. The number of nitrogens with one attached hydrogen (secondary N) is 2. The van der Waals surface area contributed by atoms with Crippen molar-refractivity contribution in [3.05, 3.63) is 78.4 Å². The predicted molar refractivity (Wildman–Crippen MR) is 120 cm³/mol. The number of piperidine rings is 1. The van der Waals surface area contributed by atoms with Crippen LogP contribution in [0, 0.1) is 5.92 Å². The number of fused-ring (bicyclic) bond motifs is 1. The molecule has 0 unspecified atom stereocenters. The number of amides is 1. The van der Waals surface area contributed by atoms with Crippen molar-refractivity contribution < 1.29 is 4.79 Å². The maximum Gasteiger partial charge on any atom is 0.223 e. The summed E-state index contributed by atoms with van der Waals surface area (Å²) >= 11 is 0. The summed E-state index contributed by atoms with van der Waals surface area (Å²) in [5, 5.41) is 9.01. The SMILES string of the molecule is O=C(NCCNc1cccc2ccccc12)C1CCN(Cc2ccccc2)CC1. The molecule has 2 N–H and O–H groups in total. The van der Waals surface area contributed by atoms with Gasteiger partial charge in [0.25, 0.3) is 0 Å². The van der Waals surface area contributed by atoms with Crippen LogP contribution in [0.5, 0.6) is 0 Å². The minimum absolute atomic E-state index is 0.138. The van der Waals surface area contributed by atoms with Crippen LogP contribution in [0.25, 0.3) is 10.8 Å². The number of carbonyl (C=O) groups is 1. The number of likely N-dealkylation sites (tertiary alicyclic amines) is 1. The van der Waals surface area contributed by atoms with Gasteiger partial charge in [0.1, 0.15) is 0 Å². The molecule has 0 spiro atoms. The number of anilines is 1. The Kier molecular flexibility index (Phi) is 6.42. The number of nitrogens with zero attached hydrogens (tertiary/aromatic N) is 1. The highest BCUT2D eigenvalue weighted by molar-refractivity contribution is 5.93. The van der Waals surface area contributed by atoms with E-state index in [4.69, 9.17) is 0 Å². The number of benzene rings is 3. The number of hydrogen-bond donors (Lipinski definition) is 2. The molecule has 1 heterocycles. The molecule has 1 fully saturated rings. The number of carbonyl (C=O) groups excluding carboxylic acids is 1. The monoisotopic (exact) mass is 387 g/mol. The molecule has 0 radical (unpaired) electrons. The minimum Gasteiger partial charge on any atom is -0.383 e. The summed E-state index contributed by atoms with van der Waals surface area (Å²) in [6.07, 6.45) is 1.88. The Bertz CT molecular complexity index is 928. The van der Waals surface area contributed by atoms with Gasteiger partial charge in [0.2, 0.25) is 5.91 Å². The Morgan fingerprint density at radius 2 is 1.59 bits per heavy atom. The van der Waals surface area contributed by atoms with Crippen LogP contribution in [-0.2, 0) is 11.3 Å². The lowest BCUT2D eigenvalue weighted by Gasteiger charge is -2.31.